The van der Waals surface area contributed by atoms with Gasteiger partial charge in [0, 0.05) is 40.4 Å². The van der Waals surface area contributed by atoms with E-state index in [2.05, 4.69) is 5.32 Å². The van der Waals surface area contributed by atoms with Crippen molar-refractivity contribution in [1.29, 1.82) is 0 Å². The van der Waals surface area contributed by atoms with E-state index in [1.807, 2.05) is 6.92 Å². The molecule has 108 valence electrons. The molecule has 3 atom stereocenters. The first-order valence-electron chi connectivity index (χ1n) is 6.07. The quantitative estimate of drug-likeness (QED) is 0.763. The Hall–Kier alpha value is -0.620. The third-order valence-corrected chi connectivity index (χ3v) is 3.66. The van der Waals surface area contributed by atoms with Crippen molar-refractivity contribution in [2.24, 2.45) is 0 Å². The van der Waals surface area contributed by atoms with Crippen molar-refractivity contribution in [3.63, 3.8) is 0 Å². The minimum atomic E-state index is -0.834. The molecule has 0 saturated heterocycles. The Labute approximate surface area is 121 Å². The second kappa shape index (κ2) is 8.53. The minimum Gasteiger partial charge on any atom is -0.491 e. The van der Waals surface area contributed by atoms with Gasteiger partial charge in [0.05, 0.1) is 0 Å². The fraction of sp³-hybridized carbons (Fsp3) is 0.538. The van der Waals surface area contributed by atoms with Crippen LogP contribution in [0.3, 0.4) is 0 Å². The van der Waals surface area contributed by atoms with Crippen LogP contribution in [0.15, 0.2) is 24.3 Å². The summed E-state index contributed by atoms with van der Waals surface area (Å²) in [5, 5.41) is 13.5. The highest BCUT2D eigenvalue weighted by Gasteiger charge is 2.09. The third kappa shape index (κ3) is 7.52. The first kappa shape index (κ1) is 16.4. The van der Waals surface area contributed by atoms with Crippen molar-refractivity contribution >= 4 is 22.4 Å². The van der Waals surface area contributed by atoms with Crippen LogP contribution in [-0.2, 0) is 10.8 Å². The zero-order valence-corrected chi connectivity index (χ0v) is 12.7. The predicted molar refractivity (Wildman–Crippen MR) is 79.4 cm³/mol. The van der Waals surface area contributed by atoms with Crippen LogP contribution in [0.25, 0.3) is 0 Å². The van der Waals surface area contributed by atoms with E-state index in [0.29, 0.717) is 23.1 Å². The van der Waals surface area contributed by atoms with E-state index in [4.69, 9.17) is 16.3 Å². The summed E-state index contributed by atoms with van der Waals surface area (Å²) in [4.78, 5) is 0. The Bertz CT molecular complexity index is 399. The van der Waals surface area contributed by atoms with Gasteiger partial charge in [-0.3, -0.25) is 4.21 Å². The van der Waals surface area contributed by atoms with E-state index in [-0.39, 0.29) is 12.6 Å². The number of nitrogens with one attached hydrogen (secondary N) is 1. The van der Waals surface area contributed by atoms with Crippen molar-refractivity contribution in [3.8, 4) is 5.75 Å². The SMILES string of the molecule is CC(CS(C)=O)NCC(O)COc1ccc(Cl)cc1. The van der Waals surface area contributed by atoms with E-state index in [9.17, 15) is 9.32 Å². The molecule has 1 aromatic rings. The molecule has 6 heteroatoms. The molecule has 0 aliphatic carbocycles. The molecule has 0 bridgehead atoms. The third-order valence-electron chi connectivity index (χ3n) is 2.44. The number of aliphatic hydroxyl groups is 1. The van der Waals surface area contributed by atoms with Crippen LogP contribution >= 0.6 is 11.6 Å². The standard InChI is InChI=1S/C13H20ClNO3S/c1-10(9-19(2)17)15-7-12(16)8-18-13-5-3-11(14)4-6-13/h3-6,10,12,15-16H,7-9H2,1-2H3. The van der Waals surface area contributed by atoms with Crippen molar-refractivity contribution in [2.75, 3.05) is 25.2 Å². The second-order valence-corrected chi connectivity index (χ2v) is 6.38. The second-order valence-electron chi connectivity index (χ2n) is 4.47. The topological polar surface area (TPSA) is 58.6 Å². The fourth-order valence-corrected chi connectivity index (χ4v) is 2.48. The van der Waals surface area contributed by atoms with Crippen LogP contribution in [0.2, 0.25) is 5.02 Å². The zero-order valence-electron chi connectivity index (χ0n) is 11.1. The van der Waals surface area contributed by atoms with Crippen LogP contribution in [-0.4, -0.2) is 46.6 Å². The lowest BCUT2D eigenvalue weighted by Gasteiger charge is -2.16. The van der Waals surface area contributed by atoms with E-state index in [0.717, 1.165) is 0 Å². The van der Waals surface area contributed by atoms with Crippen LogP contribution in [0.1, 0.15) is 6.92 Å². The van der Waals surface area contributed by atoms with Crippen molar-refractivity contribution < 1.29 is 14.1 Å². The molecule has 0 saturated carbocycles. The molecule has 2 N–H and O–H groups in total. The molecule has 0 radical (unpaired) electrons. The number of rotatable bonds is 8. The van der Waals surface area contributed by atoms with E-state index in [1.165, 1.54) is 0 Å². The Kier molecular flexibility index (Phi) is 7.38. The van der Waals surface area contributed by atoms with Gasteiger partial charge in [-0.15, -0.1) is 0 Å². The van der Waals surface area contributed by atoms with Crippen LogP contribution < -0.4 is 10.1 Å². The molecule has 1 aromatic carbocycles. The minimum absolute atomic E-state index is 0.107. The summed E-state index contributed by atoms with van der Waals surface area (Å²) in [6.07, 6.45) is 1.06. The van der Waals surface area contributed by atoms with Crippen molar-refractivity contribution in [3.05, 3.63) is 29.3 Å². The van der Waals surface area contributed by atoms with Gasteiger partial charge in [0.1, 0.15) is 18.5 Å². The van der Waals surface area contributed by atoms with Crippen molar-refractivity contribution in [2.45, 2.75) is 19.1 Å². The number of hydrogen-bond donors (Lipinski definition) is 2. The van der Waals surface area contributed by atoms with Gasteiger partial charge >= 0.3 is 0 Å². The molecule has 0 aliphatic heterocycles. The molecule has 0 heterocycles. The average Bonchev–Trinajstić information content (AvgIpc) is 2.35. The van der Waals surface area contributed by atoms with Gasteiger partial charge in [0.15, 0.2) is 0 Å². The average molecular weight is 306 g/mol. The number of aliphatic hydroxyl groups excluding tert-OH is 1. The lowest BCUT2D eigenvalue weighted by molar-refractivity contribution is 0.105. The van der Waals surface area contributed by atoms with Gasteiger partial charge in [0.2, 0.25) is 0 Å². The summed E-state index contributed by atoms with van der Waals surface area (Å²) in [5.41, 5.74) is 0. The van der Waals surface area contributed by atoms with Gasteiger partial charge in [-0.25, -0.2) is 0 Å². The van der Waals surface area contributed by atoms with Crippen molar-refractivity contribution in [1.82, 2.24) is 5.32 Å². The van der Waals surface area contributed by atoms with Gasteiger partial charge in [-0.05, 0) is 31.2 Å². The Morgan fingerprint density at radius 3 is 2.63 bits per heavy atom. The molecule has 1 rings (SSSR count). The summed E-state index contributed by atoms with van der Waals surface area (Å²) >= 11 is 5.76. The fourth-order valence-electron chi connectivity index (χ4n) is 1.53. The summed E-state index contributed by atoms with van der Waals surface area (Å²) in [5.74, 6) is 1.25. The maximum atomic E-state index is 11.0. The van der Waals surface area contributed by atoms with Crippen LogP contribution in [0, 0.1) is 0 Å². The smallest absolute Gasteiger partial charge is 0.119 e. The molecular weight excluding hydrogens is 286 g/mol. The van der Waals surface area contributed by atoms with E-state index < -0.39 is 16.9 Å². The molecule has 0 amide bonds. The number of ether oxygens (including phenoxy) is 1. The van der Waals surface area contributed by atoms with Crippen LogP contribution in [0.5, 0.6) is 5.75 Å². The monoisotopic (exact) mass is 305 g/mol. The lowest BCUT2D eigenvalue weighted by Crippen LogP contribution is -2.39. The largest absolute Gasteiger partial charge is 0.491 e. The highest BCUT2D eigenvalue weighted by atomic mass is 35.5. The lowest BCUT2D eigenvalue weighted by atomic mass is 10.3. The first-order valence-corrected chi connectivity index (χ1v) is 8.17. The maximum absolute atomic E-state index is 11.0. The van der Waals surface area contributed by atoms with Gasteiger partial charge in [-0.1, -0.05) is 11.6 Å². The molecule has 0 aromatic heterocycles. The predicted octanol–water partition coefficient (Wildman–Crippen LogP) is 1.44. The molecular formula is C13H20ClNO3S. The molecule has 0 fully saturated rings. The number of hydrogen-bond acceptors (Lipinski definition) is 4. The molecule has 0 spiro atoms. The number of halogens is 1. The normalized spacial score (nSPS) is 15.8. The van der Waals surface area contributed by atoms with Crippen LogP contribution in [0.4, 0.5) is 0 Å². The Morgan fingerprint density at radius 1 is 1.42 bits per heavy atom. The Morgan fingerprint density at radius 2 is 2.05 bits per heavy atom. The van der Waals surface area contributed by atoms with E-state index in [1.54, 1.807) is 30.5 Å². The maximum Gasteiger partial charge on any atom is 0.119 e. The summed E-state index contributed by atoms with van der Waals surface area (Å²) < 4.78 is 16.4. The molecule has 3 unspecified atom stereocenters. The van der Waals surface area contributed by atoms with E-state index >= 15 is 0 Å². The zero-order chi connectivity index (χ0) is 14.3. The van der Waals surface area contributed by atoms with Gasteiger partial charge < -0.3 is 15.2 Å². The summed E-state index contributed by atoms with van der Waals surface area (Å²) in [7, 11) is -0.834. The highest BCUT2D eigenvalue weighted by molar-refractivity contribution is 7.84. The molecule has 19 heavy (non-hydrogen) atoms. The van der Waals surface area contributed by atoms with Gasteiger partial charge in [-0.2, -0.15) is 0 Å². The van der Waals surface area contributed by atoms with Gasteiger partial charge in [0.25, 0.3) is 0 Å². The molecule has 0 aliphatic rings. The summed E-state index contributed by atoms with van der Waals surface area (Å²) in [6, 6.07) is 7.09. The molecule has 4 nitrogen and oxygen atoms in total. The highest BCUT2D eigenvalue weighted by Crippen LogP contribution is 2.15. The Balaban J connectivity index is 2.22. The summed E-state index contributed by atoms with van der Waals surface area (Å²) in [6.45, 7) is 2.55. The first-order chi connectivity index (χ1) is 8.97. The number of benzene rings is 1.